The van der Waals surface area contributed by atoms with Gasteiger partial charge in [0, 0.05) is 19.8 Å². The number of hydrogen-bond acceptors (Lipinski definition) is 4. The predicted molar refractivity (Wildman–Crippen MR) is 67.9 cm³/mol. The standard InChI is InChI=1S/C13H19N3O2/c1-10-12(15-7-8-18-10)13(17)16(2)9-11-5-3-4-6-14-11/h3-6,10,12,15H,7-9H2,1-2H3/t10-,12+/m1/s1. The van der Waals surface area contributed by atoms with E-state index in [1.54, 1.807) is 18.1 Å². The summed E-state index contributed by atoms with van der Waals surface area (Å²) in [6.45, 7) is 3.82. The number of nitrogens with one attached hydrogen (secondary N) is 1. The Labute approximate surface area is 107 Å². The summed E-state index contributed by atoms with van der Waals surface area (Å²) in [4.78, 5) is 18.2. The highest BCUT2D eigenvalue weighted by atomic mass is 16.5. The first-order valence-corrected chi connectivity index (χ1v) is 6.18. The van der Waals surface area contributed by atoms with Crippen LogP contribution in [0.3, 0.4) is 0 Å². The highest BCUT2D eigenvalue weighted by molar-refractivity contribution is 5.82. The average Bonchev–Trinajstić information content (AvgIpc) is 2.39. The van der Waals surface area contributed by atoms with Gasteiger partial charge in [-0.25, -0.2) is 0 Å². The molecule has 2 heterocycles. The molecule has 0 bridgehead atoms. The van der Waals surface area contributed by atoms with Crippen molar-refractivity contribution in [3.8, 4) is 0 Å². The molecule has 1 aromatic rings. The zero-order valence-corrected chi connectivity index (χ0v) is 10.8. The molecule has 0 radical (unpaired) electrons. The maximum absolute atomic E-state index is 12.3. The molecule has 1 aliphatic rings. The van der Waals surface area contributed by atoms with Crippen molar-refractivity contribution in [2.45, 2.75) is 25.6 Å². The molecule has 1 saturated heterocycles. The van der Waals surface area contributed by atoms with E-state index in [9.17, 15) is 4.79 Å². The van der Waals surface area contributed by atoms with E-state index in [1.807, 2.05) is 25.1 Å². The van der Waals surface area contributed by atoms with Gasteiger partial charge in [0.15, 0.2) is 0 Å². The Hall–Kier alpha value is -1.46. The molecule has 1 N–H and O–H groups in total. The Morgan fingerprint density at radius 2 is 2.44 bits per heavy atom. The number of rotatable bonds is 3. The number of morpholine rings is 1. The molecular weight excluding hydrogens is 230 g/mol. The smallest absolute Gasteiger partial charge is 0.242 e. The monoisotopic (exact) mass is 249 g/mol. The van der Waals surface area contributed by atoms with Crippen LogP contribution in [0.2, 0.25) is 0 Å². The molecule has 2 rings (SSSR count). The molecule has 2 atom stereocenters. The van der Waals surface area contributed by atoms with Crippen LogP contribution < -0.4 is 5.32 Å². The summed E-state index contributed by atoms with van der Waals surface area (Å²) in [7, 11) is 1.79. The number of ether oxygens (including phenoxy) is 1. The first-order valence-electron chi connectivity index (χ1n) is 6.18. The number of likely N-dealkylation sites (N-methyl/N-ethyl adjacent to an activating group) is 1. The van der Waals surface area contributed by atoms with E-state index < -0.39 is 0 Å². The van der Waals surface area contributed by atoms with Crippen molar-refractivity contribution in [3.63, 3.8) is 0 Å². The molecule has 1 fully saturated rings. The van der Waals surface area contributed by atoms with Gasteiger partial charge < -0.3 is 15.0 Å². The second-order valence-corrected chi connectivity index (χ2v) is 4.52. The molecule has 0 unspecified atom stereocenters. The van der Waals surface area contributed by atoms with Gasteiger partial charge in [0.05, 0.1) is 24.9 Å². The third kappa shape index (κ3) is 3.05. The van der Waals surface area contributed by atoms with Crippen LogP contribution >= 0.6 is 0 Å². The van der Waals surface area contributed by atoms with E-state index >= 15 is 0 Å². The second kappa shape index (κ2) is 5.93. The number of amides is 1. The first kappa shape index (κ1) is 13.0. The molecule has 1 aliphatic heterocycles. The SMILES string of the molecule is C[C@H]1OCCN[C@@H]1C(=O)N(C)Cc1ccccn1. The van der Waals surface area contributed by atoms with Gasteiger partial charge in [-0.15, -0.1) is 0 Å². The average molecular weight is 249 g/mol. The van der Waals surface area contributed by atoms with Crippen molar-refractivity contribution in [3.05, 3.63) is 30.1 Å². The minimum Gasteiger partial charge on any atom is -0.375 e. The molecule has 5 nitrogen and oxygen atoms in total. The van der Waals surface area contributed by atoms with Crippen molar-refractivity contribution in [1.29, 1.82) is 0 Å². The van der Waals surface area contributed by atoms with Crippen LogP contribution in [0.5, 0.6) is 0 Å². The summed E-state index contributed by atoms with van der Waals surface area (Å²) in [6.07, 6.45) is 1.65. The molecular formula is C13H19N3O2. The molecule has 18 heavy (non-hydrogen) atoms. The summed E-state index contributed by atoms with van der Waals surface area (Å²) in [5.41, 5.74) is 0.887. The molecule has 1 amide bonds. The quantitative estimate of drug-likeness (QED) is 0.843. The van der Waals surface area contributed by atoms with E-state index in [0.29, 0.717) is 13.2 Å². The molecule has 0 saturated carbocycles. The lowest BCUT2D eigenvalue weighted by molar-refractivity contribution is -0.138. The lowest BCUT2D eigenvalue weighted by Gasteiger charge is -2.32. The van der Waals surface area contributed by atoms with Gasteiger partial charge in [0.25, 0.3) is 0 Å². The van der Waals surface area contributed by atoms with E-state index in [-0.39, 0.29) is 18.1 Å². The fourth-order valence-corrected chi connectivity index (χ4v) is 2.06. The van der Waals surface area contributed by atoms with Gasteiger partial charge in [-0.1, -0.05) is 6.07 Å². The van der Waals surface area contributed by atoms with Crippen LogP contribution in [0.4, 0.5) is 0 Å². The first-order chi connectivity index (χ1) is 8.68. The van der Waals surface area contributed by atoms with Crippen molar-refractivity contribution in [1.82, 2.24) is 15.2 Å². The highest BCUT2D eigenvalue weighted by Gasteiger charge is 2.30. The lowest BCUT2D eigenvalue weighted by Crippen LogP contribution is -2.55. The van der Waals surface area contributed by atoms with E-state index in [2.05, 4.69) is 10.3 Å². The zero-order chi connectivity index (χ0) is 13.0. The highest BCUT2D eigenvalue weighted by Crippen LogP contribution is 2.08. The van der Waals surface area contributed by atoms with Gasteiger partial charge >= 0.3 is 0 Å². The molecule has 0 spiro atoms. The van der Waals surface area contributed by atoms with Gasteiger partial charge in [-0.2, -0.15) is 0 Å². The largest absolute Gasteiger partial charge is 0.375 e. The number of pyridine rings is 1. The lowest BCUT2D eigenvalue weighted by atomic mass is 10.1. The van der Waals surface area contributed by atoms with Crippen molar-refractivity contribution >= 4 is 5.91 Å². The summed E-state index contributed by atoms with van der Waals surface area (Å²) in [5.74, 6) is 0.0489. The molecule has 5 heteroatoms. The fraction of sp³-hybridized carbons (Fsp3) is 0.538. The maximum atomic E-state index is 12.3. The summed E-state index contributed by atoms with van der Waals surface area (Å²) >= 11 is 0. The normalized spacial score (nSPS) is 23.7. The number of nitrogens with zero attached hydrogens (tertiary/aromatic N) is 2. The van der Waals surface area contributed by atoms with Gasteiger partial charge in [0.1, 0.15) is 6.04 Å². The van der Waals surface area contributed by atoms with E-state index in [1.165, 1.54) is 0 Å². The third-order valence-corrected chi connectivity index (χ3v) is 3.08. The molecule has 0 aliphatic carbocycles. The van der Waals surface area contributed by atoms with E-state index in [0.717, 1.165) is 12.2 Å². The Morgan fingerprint density at radius 3 is 3.11 bits per heavy atom. The number of carbonyl (C=O) groups excluding carboxylic acids is 1. The number of hydrogen-bond donors (Lipinski definition) is 1. The van der Waals surface area contributed by atoms with Gasteiger partial charge in [-0.05, 0) is 19.1 Å². The number of aromatic nitrogens is 1. The second-order valence-electron chi connectivity index (χ2n) is 4.52. The minimum absolute atomic E-state index is 0.0489. The van der Waals surface area contributed by atoms with E-state index in [4.69, 9.17) is 4.74 Å². The predicted octanol–water partition coefficient (Wildman–Crippen LogP) is 0.417. The third-order valence-electron chi connectivity index (χ3n) is 3.08. The Balaban J connectivity index is 1.96. The Bertz CT molecular complexity index is 396. The Morgan fingerprint density at radius 1 is 1.61 bits per heavy atom. The van der Waals surface area contributed by atoms with Crippen molar-refractivity contribution < 1.29 is 9.53 Å². The number of carbonyl (C=O) groups is 1. The topological polar surface area (TPSA) is 54.5 Å². The van der Waals surface area contributed by atoms with Gasteiger partial charge in [0.2, 0.25) is 5.91 Å². The summed E-state index contributed by atoms with van der Waals surface area (Å²) in [6, 6.07) is 5.44. The minimum atomic E-state index is -0.257. The van der Waals surface area contributed by atoms with Crippen molar-refractivity contribution in [2.75, 3.05) is 20.2 Å². The fourth-order valence-electron chi connectivity index (χ4n) is 2.06. The molecule has 0 aromatic carbocycles. The van der Waals surface area contributed by atoms with Crippen LogP contribution in [-0.2, 0) is 16.1 Å². The van der Waals surface area contributed by atoms with Crippen LogP contribution in [0.1, 0.15) is 12.6 Å². The van der Waals surface area contributed by atoms with Crippen LogP contribution in [0, 0.1) is 0 Å². The summed E-state index contributed by atoms with van der Waals surface area (Å²) < 4.78 is 5.49. The van der Waals surface area contributed by atoms with Crippen molar-refractivity contribution in [2.24, 2.45) is 0 Å². The van der Waals surface area contributed by atoms with Crippen LogP contribution in [0.15, 0.2) is 24.4 Å². The maximum Gasteiger partial charge on any atom is 0.242 e. The van der Waals surface area contributed by atoms with Crippen LogP contribution in [0.25, 0.3) is 0 Å². The van der Waals surface area contributed by atoms with Gasteiger partial charge in [-0.3, -0.25) is 9.78 Å². The molecule has 1 aromatic heterocycles. The Kier molecular flexibility index (Phi) is 4.28. The van der Waals surface area contributed by atoms with Crippen LogP contribution in [-0.4, -0.2) is 48.1 Å². The summed E-state index contributed by atoms with van der Waals surface area (Å²) in [5, 5.41) is 3.20. The molecule has 98 valence electrons. The zero-order valence-electron chi connectivity index (χ0n) is 10.8.